The monoisotopic (exact) mass is 227 g/mol. The van der Waals surface area contributed by atoms with Crippen molar-refractivity contribution in [2.24, 2.45) is 0 Å². The highest BCUT2D eigenvalue weighted by molar-refractivity contribution is 9.10. The summed E-state index contributed by atoms with van der Waals surface area (Å²) in [4.78, 5) is 2.15. The van der Waals surface area contributed by atoms with Crippen molar-refractivity contribution < 1.29 is 0 Å². The molecule has 0 bridgehead atoms. The highest BCUT2D eigenvalue weighted by Crippen LogP contribution is 2.26. The lowest BCUT2D eigenvalue weighted by atomic mass is 10.1. The van der Waals surface area contributed by atoms with Crippen LogP contribution in [0.15, 0.2) is 16.6 Å². The van der Waals surface area contributed by atoms with Crippen molar-refractivity contribution in [3.8, 4) is 0 Å². The van der Waals surface area contributed by atoms with Gasteiger partial charge < -0.3 is 4.90 Å². The van der Waals surface area contributed by atoms with Crippen molar-refractivity contribution in [1.82, 2.24) is 0 Å². The number of halogens is 1. The second kappa shape index (κ2) is 3.48. The molecule has 2 heteroatoms. The van der Waals surface area contributed by atoms with E-state index in [-0.39, 0.29) is 0 Å². The molecule has 0 aliphatic heterocycles. The minimum atomic E-state index is 1.16. The number of anilines is 1. The number of aryl methyl sites for hydroxylation is 2. The lowest BCUT2D eigenvalue weighted by Crippen LogP contribution is -2.11. The van der Waals surface area contributed by atoms with Gasteiger partial charge in [-0.3, -0.25) is 0 Å². The van der Waals surface area contributed by atoms with E-state index in [1.165, 1.54) is 16.8 Å². The third-order valence-corrected chi connectivity index (χ3v) is 2.36. The quantitative estimate of drug-likeness (QED) is 0.713. The van der Waals surface area contributed by atoms with E-state index in [1.807, 2.05) is 0 Å². The Kier molecular flexibility index (Phi) is 2.78. The summed E-state index contributed by atoms with van der Waals surface area (Å²) in [6, 6.07) is 4.28. The van der Waals surface area contributed by atoms with E-state index in [1.54, 1.807) is 0 Å². The van der Waals surface area contributed by atoms with Gasteiger partial charge in [0.05, 0.1) is 0 Å². The summed E-state index contributed by atoms with van der Waals surface area (Å²) in [5, 5.41) is 0. The molecule has 1 aromatic rings. The fourth-order valence-corrected chi connectivity index (χ4v) is 2.30. The maximum absolute atomic E-state index is 3.48. The van der Waals surface area contributed by atoms with E-state index in [4.69, 9.17) is 0 Å². The molecule has 66 valence electrons. The fraction of sp³-hybridized carbons (Fsp3) is 0.400. The molecule has 0 amide bonds. The molecule has 0 heterocycles. The molecule has 0 saturated heterocycles. The summed E-state index contributed by atoms with van der Waals surface area (Å²) in [5.41, 5.74) is 3.94. The number of hydrogen-bond acceptors (Lipinski definition) is 1. The summed E-state index contributed by atoms with van der Waals surface area (Å²) in [6.07, 6.45) is 0. The molecule has 0 atom stereocenters. The first-order valence-corrected chi connectivity index (χ1v) is 4.75. The molecule has 1 rings (SSSR count). The summed E-state index contributed by atoms with van der Waals surface area (Å²) < 4.78 is 1.16. The smallest absolute Gasteiger partial charge is 0.0421 e. The van der Waals surface area contributed by atoms with Crippen LogP contribution in [0, 0.1) is 13.8 Å². The Morgan fingerprint density at radius 1 is 1.08 bits per heavy atom. The number of hydrogen-bond donors (Lipinski definition) is 0. The van der Waals surface area contributed by atoms with Gasteiger partial charge in [0, 0.05) is 24.3 Å². The first-order chi connectivity index (χ1) is 5.52. The molecule has 1 nitrogen and oxygen atoms in total. The SMILES string of the molecule is Cc1cc(Br)cc(C)c1N(C)C. The minimum absolute atomic E-state index is 1.16. The maximum Gasteiger partial charge on any atom is 0.0421 e. The van der Waals surface area contributed by atoms with Gasteiger partial charge in [0.2, 0.25) is 0 Å². The Bertz CT molecular complexity index is 269. The van der Waals surface area contributed by atoms with E-state index < -0.39 is 0 Å². The maximum atomic E-state index is 3.48. The van der Waals surface area contributed by atoms with Crippen LogP contribution in [-0.4, -0.2) is 14.1 Å². The van der Waals surface area contributed by atoms with E-state index in [0.29, 0.717) is 0 Å². The lowest BCUT2D eigenvalue weighted by molar-refractivity contribution is 1.09. The topological polar surface area (TPSA) is 3.24 Å². The highest BCUT2D eigenvalue weighted by atomic mass is 79.9. The summed E-state index contributed by atoms with van der Waals surface area (Å²) in [7, 11) is 4.15. The number of rotatable bonds is 1. The van der Waals surface area contributed by atoms with Gasteiger partial charge in [0.1, 0.15) is 0 Å². The van der Waals surface area contributed by atoms with Crippen LogP contribution in [0.25, 0.3) is 0 Å². The molecular weight excluding hydrogens is 214 g/mol. The zero-order valence-electron chi connectivity index (χ0n) is 7.98. The summed E-state index contributed by atoms with van der Waals surface area (Å²) >= 11 is 3.48. The third kappa shape index (κ3) is 1.81. The average molecular weight is 228 g/mol. The van der Waals surface area contributed by atoms with Crippen LogP contribution < -0.4 is 4.90 Å². The van der Waals surface area contributed by atoms with Gasteiger partial charge in [-0.2, -0.15) is 0 Å². The van der Waals surface area contributed by atoms with Crippen LogP contribution in [0.1, 0.15) is 11.1 Å². The highest BCUT2D eigenvalue weighted by Gasteiger charge is 2.04. The van der Waals surface area contributed by atoms with Crippen LogP contribution in [0.4, 0.5) is 5.69 Å². The third-order valence-electron chi connectivity index (χ3n) is 1.90. The van der Waals surface area contributed by atoms with Gasteiger partial charge in [0.15, 0.2) is 0 Å². The zero-order valence-corrected chi connectivity index (χ0v) is 9.57. The molecule has 0 unspecified atom stereocenters. The molecular formula is C10H14BrN. The molecule has 0 aromatic heterocycles. The fourth-order valence-electron chi connectivity index (χ4n) is 1.61. The second-order valence-electron chi connectivity index (χ2n) is 3.28. The first kappa shape index (κ1) is 9.59. The molecule has 0 fully saturated rings. The zero-order chi connectivity index (χ0) is 9.30. The van der Waals surface area contributed by atoms with Gasteiger partial charge in [-0.25, -0.2) is 0 Å². The Labute approximate surface area is 82.5 Å². The minimum Gasteiger partial charge on any atom is -0.377 e. The van der Waals surface area contributed by atoms with E-state index in [0.717, 1.165) is 4.47 Å². The molecule has 0 N–H and O–H groups in total. The molecule has 12 heavy (non-hydrogen) atoms. The molecule has 0 spiro atoms. The van der Waals surface area contributed by atoms with E-state index in [2.05, 4.69) is 60.9 Å². The molecule has 1 aromatic carbocycles. The van der Waals surface area contributed by atoms with E-state index in [9.17, 15) is 0 Å². The Morgan fingerprint density at radius 3 is 1.83 bits per heavy atom. The molecule has 0 aliphatic carbocycles. The van der Waals surface area contributed by atoms with Crippen molar-refractivity contribution in [1.29, 1.82) is 0 Å². The normalized spacial score (nSPS) is 10.1. The van der Waals surface area contributed by atoms with Crippen molar-refractivity contribution in [2.75, 3.05) is 19.0 Å². The molecule has 0 radical (unpaired) electrons. The largest absolute Gasteiger partial charge is 0.377 e. The summed E-state index contributed by atoms with van der Waals surface area (Å²) in [6.45, 7) is 4.26. The van der Waals surface area contributed by atoms with Gasteiger partial charge in [-0.1, -0.05) is 15.9 Å². The number of benzene rings is 1. The Morgan fingerprint density at radius 2 is 1.50 bits per heavy atom. The van der Waals surface area contributed by atoms with Gasteiger partial charge >= 0.3 is 0 Å². The van der Waals surface area contributed by atoms with E-state index >= 15 is 0 Å². The Hall–Kier alpha value is -0.500. The van der Waals surface area contributed by atoms with Gasteiger partial charge in [0.25, 0.3) is 0 Å². The van der Waals surface area contributed by atoms with Crippen LogP contribution >= 0.6 is 15.9 Å². The van der Waals surface area contributed by atoms with Crippen LogP contribution in [0.2, 0.25) is 0 Å². The number of nitrogens with zero attached hydrogens (tertiary/aromatic N) is 1. The molecule has 0 aliphatic rings. The summed E-state index contributed by atoms with van der Waals surface area (Å²) in [5.74, 6) is 0. The van der Waals surface area contributed by atoms with Crippen molar-refractivity contribution in [3.05, 3.63) is 27.7 Å². The predicted molar refractivity (Wildman–Crippen MR) is 57.9 cm³/mol. The van der Waals surface area contributed by atoms with Crippen molar-refractivity contribution in [2.45, 2.75) is 13.8 Å². The van der Waals surface area contributed by atoms with Gasteiger partial charge in [-0.15, -0.1) is 0 Å². The van der Waals surface area contributed by atoms with Crippen molar-refractivity contribution in [3.63, 3.8) is 0 Å². The van der Waals surface area contributed by atoms with Crippen LogP contribution in [0.5, 0.6) is 0 Å². The Balaban J connectivity index is 3.28. The van der Waals surface area contributed by atoms with Crippen LogP contribution in [0.3, 0.4) is 0 Å². The van der Waals surface area contributed by atoms with Crippen LogP contribution in [-0.2, 0) is 0 Å². The predicted octanol–water partition coefficient (Wildman–Crippen LogP) is 3.13. The standard InChI is InChI=1S/C10H14BrN/c1-7-5-9(11)6-8(2)10(7)12(3)4/h5-6H,1-4H3. The second-order valence-corrected chi connectivity index (χ2v) is 4.20. The average Bonchev–Trinajstić information content (AvgIpc) is 1.82. The first-order valence-electron chi connectivity index (χ1n) is 3.96. The van der Waals surface area contributed by atoms with Crippen molar-refractivity contribution >= 4 is 21.6 Å². The van der Waals surface area contributed by atoms with Gasteiger partial charge in [-0.05, 0) is 37.1 Å². The lowest BCUT2D eigenvalue weighted by Gasteiger charge is -2.18. The molecule has 0 saturated carbocycles.